The maximum Gasteiger partial charge on any atom is 0.208 e. The summed E-state index contributed by atoms with van der Waals surface area (Å²) in [6, 6.07) is 28.4. The molecular formula is C23H18O2S2. The summed E-state index contributed by atoms with van der Waals surface area (Å²) in [5.41, 5.74) is 2.70. The zero-order chi connectivity index (χ0) is 18.9. The quantitative estimate of drug-likeness (QED) is 0.423. The number of fused-ring (bicyclic) bond motifs is 1. The van der Waals surface area contributed by atoms with Gasteiger partial charge in [0.1, 0.15) is 0 Å². The van der Waals surface area contributed by atoms with Crippen LogP contribution in [0.1, 0.15) is 5.56 Å². The lowest BCUT2D eigenvalue weighted by atomic mass is 10.2. The van der Waals surface area contributed by atoms with Crippen molar-refractivity contribution in [2.45, 2.75) is 26.5 Å². The van der Waals surface area contributed by atoms with Crippen LogP contribution in [0.5, 0.6) is 0 Å². The first-order valence-electron chi connectivity index (χ1n) is 8.62. The average molecular weight is 391 g/mol. The van der Waals surface area contributed by atoms with Crippen LogP contribution in [0, 0.1) is 6.92 Å². The monoisotopic (exact) mass is 390 g/mol. The van der Waals surface area contributed by atoms with Gasteiger partial charge in [0.05, 0.1) is 9.79 Å². The Morgan fingerprint density at radius 2 is 1.37 bits per heavy atom. The molecule has 0 heterocycles. The van der Waals surface area contributed by atoms with Gasteiger partial charge in [0, 0.05) is 15.4 Å². The first kappa shape index (κ1) is 17.8. The van der Waals surface area contributed by atoms with Crippen molar-refractivity contribution in [3.8, 4) is 11.1 Å². The highest BCUT2D eigenvalue weighted by atomic mass is 32.2. The molecule has 0 atom stereocenters. The van der Waals surface area contributed by atoms with Gasteiger partial charge in [-0.05, 0) is 42.8 Å². The van der Waals surface area contributed by atoms with Crippen LogP contribution in [-0.4, -0.2) is 8.42 Å². The number of hydrogen-bond acceptors (Lipinski definition) is 3. The van der Waals surface area contributed by atoms with E-state index in [4.69, 9.17) is 0 Å². The molecule has 0 spiro atoms. The lowest BCUT2D eigenvalue weighted by Gasteiger charge is -2.09. The van der Waals surface area contributed by atoms with Gasteiger partial charge < -0.3 is 0 Å². The van der Waals surface area contributed by atoms with Gasteiger partial charge in [-0.25, -0.2) is 8.42 Å². The van der Waals surface area contributed by atoms with Gasteiger partial charge in [0.2, 0.25) is 9.84 Å². The summed E-state index contributed by atoms with van der Waals surface area (Å²) in [6.07, 6.45) is 0. The maximum absolute atomic E-state index is 13.5. The van der Waals surface area contributed by atoms with Gasteiger partial charge in [0.25, 0.3) is 0 Å². The van der Waals surface area contributed by atoms with E-state index in [0.717, 1.165) is 26.5 Å². The molecule has 0 bridgehead atoms. The van der Waals surface area contributed by atoms with Crippen LogP contribution in [0.15, 0.2) is 111 Å². The Morgan fingerprint density at radius 3 is 2.07 bits per heavy atom. The van der Waals surface area contributed by atoms with E-state index in [0.29, 0.717) is 9.79 Å². The fraction of sp³-hybridized carbons (Fsp3) is 0.0435. The molecule has 2 aromatic carbocycles. The molecule has 134 valence electrons. The minimum Gasteiger partial charge on any atom is -0.218 e. The number of aryl methyl sites for hydroxylation is 1. The van der Waals surface area contributed by atoms with Crippen molar-refractivity contribution in [1.29, 1.82) is 0 Å². The average Bonchev–Trinajstić information content (AvgIpc) is 2.85. The molecule has 0 N–H and O–H groups in total. The van der Waals surface area contributed by atoms with Gasteiger partial charge >= 0.3 is 0 Å². The van der Waals surface area contributed by atoms with Crippen LogP contribution in [-0.2, 0) is 9.84 Å². The molecule has 2 aliphatic rings. The standard InChI is InChI=1S/C23H18O2S2/c1-17-12-14-20(15-13-17)27(24,25)23-21-11-7-2-4-8-18(21)16-22(23)26-19-9-5-3-6-10-19/h2-16H,1H3. The first-order chi connectivity index (χ1) is 13.1. The van der Waals surface area contributed by atoms with E-state index in [1.54, 1.807) is 12.1 Å². The fourth-order valence-electron chi connectivity index (χ4n) is 3.04. The van der Waals surface area contributed by atoms with Crippen molar-refractivity contribution in [3.63, 3.8) is 0 Å². The van der Waals surface area contributed by atoms with Crippen LogP contribution in [0.3, 0.4) is 0 Å². The van der Waals surface area contributed by atoms with Crippen molar-refractivity contribution < 1.29 is 8.42 Å². The van der Waals surface area contributed by atoms with E-state index in [9.17, 15) is 8.42 Å². The summed E-state index contributed by atoms with van der Waals surface area (Å²) < 4.78 is 27.0. The van der Waals surface area contributed by atoms with Gasteiger partial charge in [-0.15, -0.1) is 0 Å². The Labute approximate surface area is 164 Å². The Bertz CT molecular complexity index is 1150. The Balaban J connectivity index is 1.93. The third-order valence-corrected chi connectivity index (χ3v) is 7.45. The molecule has 0 aliphatic heterocycles. The molecule has 0 amide bonds. The molecule has 4 heteroatoms. The normalized spacial score (nSPS) is 11.6. The van der Waals surface area contributed by atoms with Crippen LogP contribution < -0.4 is 0 Å². The van der Waals surface area contributed by atoms with E-state index in [2.05, 4.69) is 0 Å². The molecule has 0 saturated carbocycles. The van der Waals surface area contributed by atoms with E-state index < -0.39 is 9.84 Å². The van der Waals surface area contributed by atoms with Gasteiger partial charge in [0.15, 0.2) is 0 Å². The lowest BCUT2D eigenvalue weighted by Crippen LogP contribution is -2.03. The number of hydrogen-bond donors (Lipinski definition) is 0. The molecule has 0 radical (unpaired) electrons. The summed E-state index contributed by atoms with van der Waals surface area (Å²) >= 11 is 1.48. The Kier molecular flexibility index (Phi) is 4.77. The molecule has 0 unspecified atom stereocenters. The molecule has 0 saturated heterocycles. The molecule has 2 nitrogen and oxygen atoms in total. The minimum atomic E-state index is -3.64. The highest BCUT2D eigenvalue weighted by Crippen LogP contribution is 2.44. The summed E-state index contributed by atoms with van der Waals surface area (Å²) in [5, 5.41) is 0. The van der Waals surface area contributed by atoms with Crippen molar-refractivity contribution in [2.24, 2.45) is 0 Å². The smallest absolute Gasteiger partial charge is 0.208 e. The van der Waals surface area contributed by atoms with Crippen LogP contribution in [0.2, 0.25) is 0 Å². The van der Waals surface area contributed by atoms with Gasteiger partial charge in [-0.2, -0.15) is 0 Å². The molecule has 2 aromatic rings. The fourth-order valence-corrected chi connectivity index (χ4v) is 5.96. The maximum atomic E-state index is 13.5. The highest BCUT2D eigenvalue weighted by Gasteiger charge is 2.28. The van der Waals surface area contributed by atoms with Crippen LogP contribution in [0.4, 0.5) is 0 Å². The SMILES string of the molecule is Cc1ccc(S(=O)(=O)c2c(Sc3ccccc3)cc3cccccc2-3)cc1. The molecular weight excluding hydrogens is 372 g/mol. The third-order valence-electron chi connectivity index (χ3n) is 4.40. The Morgan fingerprint density at radius 1 is 0.741 bits per heavy atom. The van der Waals surface area contributed by atoms with E-state index in [1.807, 2.05) is 85.8 Å². The topological polar surface area (TPSA) is 34.1 Å². The zero-order valence-electron chi connectivity index (χ0n) is 14.8. The highest BCUT2D eigenvalue weighted by molar-refractivity contribution is 8.00. The predicted octanol–water partition coefficient (Wildman–Crippen LogP) is 6.08. The number of sulfone groups is 1. The van der Waals surface area contributed by atoms with Crippen molar-refractivity contribution in [2.75, 3.05) is 0 Å². The first-order valence-corrected chi connectivity index (χ1v) is 10.9. The van der Waals surface area contributed by atoms with E-state index in [1.165, 1.54) is 11.8 Å². The number of benzene rings is 2. The van der Waals surface area contributed by atoms with E-state index >= 15 is 0 Å². The Hall–Kier alpha value is -2.56. The zero-order valence-corrected chi connectivity index (χ0v) is 16.4. The minimum absolute atomic E-state index is 0.321. The summed E-state index contributed by atoms with van der Waals surface area (Å²) in [6.45, 7) is 1.95. The molecule has 2 aliphatic carbocycles. The summed E-state index contributed by atoms with van der Waals surface area (Å²) in [5.74, 6) is 0. The predicted molar refractivity (Wildman–Crippen MR) is 110 cm³/mol. The van der Waals surface area contributed by atoms with Gasteiger partial charge in [-0.1, -0.05) is 78.0 Å². The van der Waals surface area contributed by atoms with E-state index in [-0.39, 0.29) is 0 Å². The van der Waals surface area contributed by atoms with Crippen LogP contribution in [0.25, 0.3) is 11.1 Å². The molecule has 0 aromatic heterocycles. The second-order valence-electron chi connectivity index (χ2n) is 6.35. The summed E-state index contributed by atoms with van der Waals surface area (Å²) in [7, 11) is -3.64. The van der Waals surface area contributed by atoms with Crippen molar-refractivity contribution >= 4 is 21.6 Å². The second kappa shape index (κ2) is 7.22. The molecule has 4 rings (SSSR count). The largest absolute Gasteiger partial charge is 0.218 e. The molecule has 27 heavy (non-hydrogen) atoms. The van der Waals surface area contributed by atoms with Crippen molar-refractivity contribution in [3.05, 3.63) is 96.6 Å². The number of rotatable bonds is 4. The lowest BCUT2D eigenvalue weighted by molar-refractivity contribution is 0.595. The second-order valence-corrected chi connectivity index (χ2v) is 9.35. The van der Waals surface area contributed by atoms with Crippen LogP contribution >= 0.6 is 11.8 Å². The van der Waals surface area contributed by atoms with Gasteiger partial charge in [-0.3, -0.25) is 0 Å². The molecule has 0 fully saturated rings. The third kappa shape index (κ3) is 3.51. The van der Waals surface area contributed by atoms with Crippen molar-refractivity contribution in [1.82, 2.24) is 0 Å². The summed E-state index contributed by atoms with van der Waals surface area (Å²) in [4.78, 5) is 2.47.